The fourth-order valence-corrected chi connectivity index (χ4v) is 2.63. The van der Waals surface area contributed by atoms with Crippen molar-refractivity contribution in [1.29, 1.82) is 0 Å². The lowest BCUT2D eigenvalue weighted by molar-refractivity contribution is -0.120. The number of rotatable bonds is 6. The van der Waals surface area contributed by atoms with Gasteiger partial charge in [-0.05, 0) is 37.2 Å². The van der Waals surface area contributed by atoms with Gasteiger partial charge in [-0.1, -0.05) is 43.1 Å². The van der Waals surface area contributed by atoms with Crippen molar-refractivity contribution >= 4 is 29.1 Å². The van der Waals surface area contributed by atoms with Crippen LogP contribution < -0.4 is 5.32 Å². The molecule has 0 aromatic heterocycles. The molecule has 20 heavy (non-hydrogen) atoms. The summed E-state index contributed by atoms with van der Waals surface area (Å²) in [5.41, 5.74) is 0.821. The molecule has 3 nitrogen and oxygen atoms in total. The highest BCUT2D eigenvalue weighted by Gasteiger charge is 2.20. The zero-order valence-corrected chi connectivity index (χ0v) is 14.0. The summed E-state index contributed by atoms with van der Waals surface area (Å²) in [4.78, 5) is 14.1. The normalized spacial score (nSPS) is 11.8. The quantitative estimate of drug-likeness (QED) is 0.873. The minimum atomic E-state index is -0.0268. The van der Waals surface area contributed by atoms with Gasteiger partial charge in [-0.25, -0.2) is 0 Å². The number of carbonyl (C=O) groups excluding carboxylic acids is 1. The van der Waals surface area contributed by atoms with E-state index < -0.39 is 0 Å². The molecule has 1 aromatic carbocycles. The van der Waals surface area contributed by atoms with Crippen LogP contribution in [-0.4, -0.2) is 38.0 Å². The molecule has 0 aliphatic rings. The number of amides is 1. The molecule has 0 aliphatic carbocycles. The summed E-state index contributed by atoms with van der Waals surface area (Å²) in [5, 5.41) is 4.06. The van der Waals surface area contributed by atoms with Gasteiger partial charge >= 0.3 is 0 Å². The van der Waals surface area contributed by atoms with Crippen LogP contribution in [0, 0.1) is 5.41 Å². The van der Waals surface area contributed by atoms with E-state index in [4.69, 9.17) is 23.2 Å². The molecule has 1 aromatic rings. The number of nitrogens with one attached hydrogen (secondary N) is 1. The average molecular weight is 317 g/mol. The van der Waals surface area contributed by atoms with Gasteiger partial charge in [0, 0.05) is 23.1 Å². The van der Waals surface area contributed by atoms with E-state index in [1.165, 1.54) is 0 Å². The Morgan fingerprint density at radius 1 is 1.30 bits per heavy atom. The molecule has 0 bridgehead atoms. The number of carbonyl (C=O) groups is 1. The smallest absolute Gasteiger partial charge is 0.224 e. The van der Waals surface area contributed by atoms with Gasteiger partial charge in [0.15, 0.2) is 0 Å². The predicted molar refractivity (Wildman–Crippen MR) is 85.5 cm³/mol. The molecule has 0 radical (unpaired) electrons. The lowest BCUT2D eigenvalue weighted by atomic mass is 9.93. The standard InChI is InChI=1S/C15H22Cl2N2O/c1-15(2,10-19(3)4)9-18-14(20)7-11-5-6-12(16)8-13(11)17/h5-6,8H,7,9-10H2,1-4H3,(H,18,20). The first-order chi connectivity index (χ1) is 9.19. The van der Waals surface area contributed by atoms with Crippen molar-refractivity contribution in [3.05, 3.63) is 33.8 Å². The minimum absolute atomic E-state index is 0.0268. The summed E-state index contributed by atoms with van der Waals surface area (Å²) < 4.78 is 0. The van der Waals surface area contributed by atoms with Crippen LogP contribution in [0.5, 0.6) is 0 Å². The Labute approximate surface area is 131 Å². The second kappa shape index (κ2) is 7.30. The highest BCUT2D eigenvalue weighted by atomic mass is 35.5. The van der Waals surface area contributed by atoms with Crippen molar-refractivity contribution in [2.75, 3.05) is 27.2 Å². The summed E-state index contributed by atoms with van der Waals surface area (Å²) in [6, 6.07) is 5.18. The highest BCUT2D eigenvalue weighted by Crippen LogP contribution is 2.21. The van der Waals surface area contributed by atoms with Crippen molar-refractivity contribution in [2.24, 2.45) is 5.41 Å². The Morgan fingerprint density at radius 2 is 1.95 bits per heavy atom. The maximum atomic E-state index is 12.0. The summed E-state index contributed by atoms with van der Waals surface area (Å²) >= 11 is 11.9. The number of nitrogens with zero attached hydrogens (tertiary/aromatic N) is 1. The predicted octanol–water partition coefficient (Wildman–Crippen LogP) is 3.24. The second-order valence-corrected chi connectivity index (χ2v) is 6.93. The SMILES string of the molecule is CN(C)CC(C)(C)CNC(=O)Cc1ccc(Cl)cc1Cl. The molecule has 1 rings (SSSR count). The molecule has 0 fully saturated rings. The van der Waals surface area contributed by atoms with E-state index in [0.29, 0.717) is 16.6 Å². The van der Waals surface area contributed by atoms with Gasteiger partial charge < -0.3 is 10.2 Å². The summed E-state index contributed by atoms with van der Waals surface area (Å²) in [7, 11) is 4.05. The summed E-state index contributed by atoms with van der Waals surface area (Å²) in [6.45, 7) is 5.80. The van der Waals surface area contributed by atoms with E-state index in [1.54, 1.807) is 18.2 Å². The zero-order chi connectivity index (χ0) is 15.3. The van der Waals surface area contributed by atoms with Crippen molar-refractivity contribution in [3.63, 3.8) is 0 Å². The first-order valence-electron chi connectivity index (χ1n) is 6.55. The minimum Gasteiger partial charge on any atom is -0.355 e. The molecule has 0 heterocycles. The molecule has 1 amide bonds. The lowest BCUT2D eigenvalue weighted by Gasteiger charge is -2.28. The maximum absolute atomic E-state index is 12.0. The second-order valence-electron chi connectivity index (χ2n) is 6.09. The molecular weight excluding hydrogens is 295 g/mol. The number of hydrogen-bond donors (Lipinski definition) is 1. The van der Waals surface area contributed by atoms with Crippen LogP contribution in [0.15, 0.2) is 18.2 Å². The first kappa shape index (κ1) is 17.3. The van der Waals surface area contributed by atoms with Crippen molar-refractivity contribution < 1.29 is 4.79 Å². The van der Waals surface area contributed by atoms with Gasteiger partial charge in [0.05, 0.1) is 6.42 Å². The Morgan fingerprint density at radius 3 is 2.50 bits per heavy atom. The highest BCUT2D eigenvalue weighted by molar-refractivity contribution is 6.35. The van der Waals surface area contributed by atoms with Crippen molar-refractivity contribution in [2.45, 2.75) is 20.3 Å². The Kier molecular flexibility index (Phi) is 6.31. The number of halogens is 2. The molecule has 0 unspecified atom stereocenters. The molecule has 0 saturated carbocycles. The summed E-state index contributed by atoms with van der Waals surface area (Å²) in [6.07, 6.45) is 0.272. The Bertz CT molecular complexity index is 473. The van der Waals surface area contributed by atoms with E-state index in [0.717, 1.165) is 12.1 Å². The topological polar surface area (TPSA) is 32.3 Å². The Balaban J connectivity index is 2.52. The van der Waals surface area contributed by atoms with Gasteiger partial charge in [-0.3, -0.25) is 4.79 Å². The van der Waals surface area contributed by atoms with E-state index in [9.17, 15) is 4.79 Å². The number of hydrogen-bond acceptors (Lipinski definition) is 2. The molecule has 0 spiro atoms. The molecule has 5 heteroatoms. The largest absolute Gasteiger partial charge is 0.355 e. The van der Waals surface area contributed by atoms with Crippen molar-refractivity contribution in [3.8, 4) is 0 Å². The molecule has 0 saturated heterocycles. The van der Waals surface area contributed by atoms with Crippen LogP contribution in [0.4, 0.5) is 0 Å². The first-order valence-corrected chi connectivity index (χ1v) is 7.30. The van der Waals surface area contributed by atoms with Crippen LogP contribution in [0.2, 0.25) is 10.0 Å². The van der Waals surface area contributed by atoms with E-state index >= 15 is 0 Å². The van der Waals surface area contributed by atoms with E-state index in [-0.39, 0.29) is 17.7 Å². The van der Waals surface area contributed by atoms with Crippen LogP contribution in [0.1, 0.15) is 19.4 Å². The van der Waals surface area contributed by atoms with Gasteiger partial charge in [-0.15, -0.1) is 0 Å². The third kappa shape index (κ3) is 6.12. The summed E-state index contributed by atoms with van der Waals surface area (Å²) in [5.74, 6) is -0.0268. The van der Waals surface area contributed by atoms with Gasteiger partial charge in [-0.2, -0.15) is 0 Å². The maximum Gasteiger partial charge on any atom is 0.224 e. The average Bonchev–Trinajstić information content (AvgIpc) is 2.29. The molecule has 0 aliphatic heterocycles. The lowest BCUT2D eigenvalue weighted by Crippen LogP contribution is -2.40. The third-order valence-corrected chi connectivity index (χ3v) is 3.46. The van der Waals surface area contributed by atoms with Gasteiger partial charge in [0.2, 0.25) is 5.91 Å². The monoisotopic (exact) mass is 316 g/mol. The fraction of sp³-hybridized carbons (Fsp3) is 0.533. The zero-order valence-electron chi connectivity index (χ0n) is 12.5. The molecule has 112 valence electrons. The van der Waals surface area contributed by atoms with Gasteiger partial charge in [0.25, 0.3) is 0 Å². The van der Waals surface area contributed by atoms with E-state index in [1.807, 2.05) is 14.1 Å². The number of benzene rings is 1. The fourth-order valence-electron chi connectivity index (χ4n) is 2.15. The molecule has 0 atom stereocenters. The van der Waals surface area contributed by atoms with Crippen LogP contribution in [0.3, 0.4) is 0 Å². The van der Waals surface area contributed by atoms with Gasteiger partial charge in [0.1, 0.15) is 0 Å². The van der Waals surface area contributed by atoms with E-state index in [2.05, 4.69) is 24.1 Å². The van der Waals surface area contributed by atoms with Crippen LogP contribution in [0.25, 0.3) is 0 Å². The van der Waals surface area contributed by atoms with Crippen LogP contribution in [-0.2, 0) is 11.2 Å². The molecule has 1 N–H and O–H groups in total. The third-order valence-electron chi connectivity index (χ3n) is 2.87. The Hall–Kier alpha value is -0.770. The van der Waals surface area contributed by atoms with Crippen LogP contribution >= 0.6 is 23.2 Å². The molecular formula is C15H22Cl2N2O. The van der Waals surface area contributed by atoms with Crippen molar-refractivity contribution in [1.82, 2.24) is 10.2 Å².